The monoisotopic (exact) mass is 412 g/mol. The molecule has 1 aliphatic heterocycles. The van der Waals surface area contributed by atoms with Crippen molar-refractivity contribution in [3.05, 3.63) is 70.8 Å². The molecule has 1 fully saturated rings. The maximum Gasteiger partial charge on any atom is 0.224 e. The lowest BCUT2D eigenvalue weighted by Gasteiger charge is -2.33. The lowest BCUT2D eigenvalue weighted by atomic mass is 10.1. The van der Waals surface area contributed by atoms with E-state index in [9.17, 15) is 4.79 Å². The van der Waals surface area contributed by atoms with Gasteiger partial charge in [0, 0.05) is 41.1 Å². The molecule has 26 heavy (non-hydrogen) atoms. The third kappa shape index (κ3) is 3.69. The van der Waals surface area contributed by atoms with Gasteiger partial charge in [0.25, 0.3) is 0 Å². The molecule has 2 aromatic carbocycles. The van der Waals surface area contributed by atoms with Crippen LogP contribution < -0.4 is 0 Å². The molecule has 1 aliphatic rings. The zero-order valence-electron chi connectivity index (χ0n) is 14.5. The molecule has 1 amide bonds. The molecular formula is C21H21BrN2O2. The summed E-state index contributed by atoms with van der Waals surface area (Å²) in [4.78, 5) is 14.6. The van der Waals surface area contributed by atoms with E-state index in [-0.39, 0.29) is 12.0 Å². The maximum absolute atomic E-state index is 12.7. The molecule has 4 rings (SSSR count). The van der Waals surface area contributed by atoms with E-state index in [1.54, 1.807) is 0 Å². The number of halogens is 1. The summed E-state index contributed by atoms with van der Waals surface area (Å²) in [5.41, 5.74) is 2.29. The number of ether oxygens (including phenoxy) is 1. The highest BCUT2D eigenvalue weighted by molar-refractivity contribution is 9.10. The van der Waals surface area contributed by atoms with Crippen molar-refractivity contribution >= 4 is 32.7 Å². The molecule has 0 saturated carbocycles. The van der Waals surface area contributed by atoms with Gasteiger partial charge in [-0.15, -0.1) is 0 Å². The predicted octanol–water partition coefficient (Wildman–Crippen LogP) is 4.39. The van der Waals surface area contributed by atoms with Crippen molar-refractivity contribution in [2.75, 3.05) is 19.7 Å². The van der Waals surface area contributed by atoms with Crippen molar-refractivity contribution in [2.45, 2.75) is 19.1 Å². The number of nitrogens with zero attached hydrogens (tertiary/aromatic N) is 2. The molecule has 3 aromatic rings. The zero-order chi connectivity index (χ0) is 17.9. The molecule has 4 nitrogen and oxygen atoms in total. The van der Waals surface area contributed by atoms with Gasteiger partial charge in [-0.3, -0.25) is 4.79 Å². The van der Waals surface area contributed by atoms with Crippen LogP contribution in [0.15, 0.2) is 65.3 Å². The van der Waals surface area contributed by atoms with Crippen LogP contribution in [-0.4, -0.2) is 35.1 Å². The van der Waals surface area contributed by atoms with E-state index in [1.807, 2.05) is 29.2 Å². The summed E-state index contributed by atoms with van der Waals surface area (Å²) >= 11 is 3.50. The first kappa shape index (κ1) is 17.3. The fourth-order valence-corrected chi connectivity index (χ4v) is 3.86. The standard InChI is InChI=1S/C21H21BrN2O2/c22-18-6-7-19-17(14-18)8-10-23(19)11-9-21(25)24-12-13-26-20(15-24)16-4-2-1-3-5-16/h1-8,10,14,20H,9,11-13,15H2. The van der Waals surface area contributed by atoms with Gasteiger partial charge in [0.15, 0.2) is 0 Å². The number of aromatic nitrogens is 1. The molecule has 0 N–H and O–H groups in total. The van der Waals surface area contributed by atoms with Gasteiger partial charge in [-0.25, -0.2) is 0 Å². The van der Waals surface area contributed by atoms with E-state index in [0.717, 1.165) is 15.6 Å². The second kappa shape index (κ2) is 7.64. The minimum atomic E-state index is -0.0290. The minimum Gasteiger partial charge on any atom is -0.370 e. The van der Waals surface area contributed by atoms with Crippen LogP contribution in [-0.2, 0) is 16.1 Å². The normalized spacial score (nSPS) is 17.6. The number of hydrogen-bond acceptors (Lipinski definition) is 2. The van der Waals surface area contributed by atoms with Crippen LogP contribution >= 0.6 is 15.9 Å². The molecule has 1 saturated heterocycles. The Hall–Kier alpha value is -2.11. The average Bonchev–Trinajstić information content (AvgIpc) is 3.09. The van der Waals surface area contributed by atoms with Gasteiger partial charge in [0.2, 0.25) is 5.91 Å². The van der Waals surface area contributed by atoms with Crippen LogP contribution in [0.25, 0.3) is 10.9 Å². The van der Waals surface area contributed by atoms with Gasteiger partial charge >= 0.3 is 0 Å². The summed E-state index contributed by atoms with van der Waals surface area (Å²) in [5, 5.41) is 1.18. The molecule has 1 aromatic heterocycles. The fourth-order valence-electron chi connectivity index (χ4n) is 3.49. The third-order valence-corrected chi connectivity index (χ3v) is 5.38. The lowest BCUT2D eigenvalue weighted by molar-refractivity contribution is -0.139. The second-order valence-electron chi connectivity index (χ2n) is 6.57. The number of benzene rings is 2. The summed E-state index contributed by atoms with van der Waals surface area (Å²) in [6.07, 6.45) is 2.52. The molecule has 2 heterocycles. The first-order valence-corrected chi connectivity index (χ1v) is 9.69. The van der Waals surface area contributed by atoms with Crippen LogP contribution in [0.2, 0.25) is 0 Å². The van der Waals surface area contributed by atoms with Crippen molar-refractivity contribution in [1.82, 2.24) is 9.47 Å². The van der Waals surface area contributed by atoms with Crippen molar-refractivity contribution in [1.29, 1.82) is 0 Å². The SMILES string of the molecule is O=C(CCn1ccc2cc(Br)ccc21)N1CCOC(c2ccccc2)C1. The number of hydrogen-bond donors (Lipinski definition) is 0. The van der Waals surface area contributed by atoms with Gasteiger partial charge in [-0.2, -0.15) is 0 Å². The van der Waals surface area contributed by atoms with Crippen LogP contribution in [0.4, 0.5) is 0 Å². The van der Waals surface area contributed by atoms with Gasteiger partial charge < -0.3 is 14.2 Å². The third-order valence-electron chi connectivity index (χ3n) is 4.89. The number of rotatable bonds is 4. The molecule has 1 atom stereocenters. The summed E-state index contributed by atoms with van der Waals surface area (Å²) in [7, 11) is 0. The Morgan fingerprint density at radius 2 is 2.00 bits per heavy atom. The molecule has 0 radical (unpaired) electrons. The summed E-state index contributed by atoms with van der Waals surface area (Å²) in [6, 6.07) is 18.4. The molecule has 5 heteroatoms. The first-order chi connectivity index (χ1) is 12.7. The van der Waals surface area contributed by atoms with Gasteiger partial charge in [-0.05, 0) is 29.8 Å². The van der Waals surface area contributed by atoms with Crippen LogP contribution in [0.5, 0.6) is 0 Å². The largest absolute Gasteiger partial charge is 0.370 e. The Balaban J connectivity index is 1.39. The van der Waals surface area contributed by atoms with Gasteiger partial charge in [0.05, 0.1) is 13.2 Å². The summed E-state index contributed by atoms with van der Waals surface area (Å²) in [6.45, 7) is 2.58. The number of morpholine rings is 1. The number of amides is 1. The molecular weight excluding hydrogens is 392 g/mol. The quantitative estimate of drug-likeness (QED) is 0.636. The Kier molecular flexibility index (Phi) is 5.09. The maximum atomic E-state index is 12.7. The van der Waals surface area contributed by atoms with E-state index in [4.69, 9.17) is 4.74 Å². The average molecular weight is 413 g/mol. The number of carbonyl (C=O) groups is 1. The lowest BCUT2D eigenvalue weighted by Crippen LogP contribution is -2.42. The Bertz CT molecular complexity index is 907. The number of fused-ring (bicyclic) bond motifs is 1. The second-order valence-corrected chi connectivity index (χ2v) is 7.49. The number of aryl methyl sites for hydroxylation is 1. The highest BCUT2D eigenvalue weighted by atomic mass is 79.9. The Morgan fingerprint density at radius 3 is 2.85 bits per heavy atom. The van der Waals surface area contributed by atoms with E-state index < -0.39 is 0 Å². The van der Waals surface area contributed by atoms with Crippen molar-refractivity contribution in [2.24, 2.45) is 0 Å². The molecule has 0 bridgehead atoms. The van der Waals surface area contributed by atoms with E-state index >= 15 is 0 Å². The smallest absolute Gasteiger partial charge is 0.224 e. The molecule has 134 valence electrons. The van der Waals surface area contributed by atoms with Crippen molar-refractivity contribution in [3.8, 4) is 0 Å². The minimum absolute atomic E-state index is 0.0290. The topological polar surface area (TPSA) is 34.5 Å². The summed E-state index contributed by atoms with van der Waals surface area (Å²) < 4.78 is 9.08. The fraction of sp³-hybridized carbons (Fsp3) is 0.286. The van der Waals surface area contributed by atoms with E-state index in [2.05, 4.69) is 57.0 Å². The van der Waals surface area contributed by atoms with Crippen LogP contribution in [0, 0.1) is 0 Å². The van der Waals surface area contributed by atoms with E-state index in [1.165, 1.54) is 5.39 Å². The Labute approximate surface area is 161 Å². The van der Waals surface area contributed by atoms with E-state index in [0.29, 0.717) is 32.7 Å². The van der Waals surface area contributed by atoms with Gasteiger partial charge in [0.1, 0.15) is 6.10 Å². The Morgan fingerprint density at radius 1 is 1.15 bits per heavy atom. The zero-order valence-corrected chi connectivity index (χ0v) is 16.1. The van der Waals surface area contributed by atoms with Gasteiger partial charge in [-0.1, -0.05) is 46.3 Å². The predicted molar refractivity (Wildman–Crippen MR) is 106 cm³/mol. The molecule has 1 unspecified atom stereocenters. The highest BCUT2D eigenvalue weighted by Gasteiger charge is 2.25. The van der Waals surface area contributed by atoms with Crippen LogP contribution in [0.1, 0.15) is 18.1 Å². The van der Waals surface area contributed by atoms with Crippen molar-refractivity contribution in [3.63, 3.8) is 0 Å². The molecule has 0 spiro atoms. The van der Waals surface area contributed by atoms with Crippen molar-refractivity contribution < 1.29 is 9.53 Å². The molecule has 0 aliphatic carbocycles. The first-order valence-electron chi connectivity index (χ1n) is 8.89. The highest BCUT2D eigenvalue weighted by Crippen LogP contribution is 2.23. The van der Waals surface area contributed by atoms with Crippen LogP contribution in [0.3, 0.4) is 0 Å². The number of carbonyl (C=O) groups excluding carboxylic acids is 1. The summed E-state index contributed by atoms with van der Waals surface area (Å²) in [5.74, 6) is 0.188.